The number of carbonyl (C=O) groups is 2. The first-order chi connectivity index (χ1) is 8.48. The van der Waals surface area contributed by atoms with Gasteiger partial charge < -0.3 is 20.7 Å². The van der Waals surface area contributed by atoms with Crippen LogP contribution in [0.25, 0.3) is 0 Å². The van der Waals surface area contributed by atoms with Crippen molar-refractivity contribution in [3.8, 4) is 0 Å². The summed E-state index contributed by atoms with van der Waals surface area (Å²) >= 11 is 0. The van der Waals surface area contributed by atoms with E-state index in [1.165, 1.54) is 12.5 Å². The van der Waals surface area contributed by atoms with E-state index in [1.807, 2.05) is 6.92 Å². The third-order valence-corrected chi connectivity index (χ3v) is 3.00. The number of urea groups is 1. The van der Waals surface area contributed by atoms with Crippen LogP contribution in [0.5, 0.6) is 0 Å². The Balaban J connectivity index is 1.89. The molecule has 1 aliphatic carbocycles. The van der Waals surface area contributed by atoms with Crippen LogP contribution in [-0.4, -0.2) is 38.7 Å². The van der Waals surface area contributed by atoms with Crippen LogP contribution >= 0.6 is 0 Å². The number of imidazole rings is 1. The summed E-state index contributed by atoms with van der Waals surface area (Å²) in [4.78, 5) is 29.3. The van der Waals surface area contributed by atoms with E-state index in [0.29, 0.717) is 5.69 Å². The number of aromatic nitrogens is 2. The predicted molar refractivity (Wildman–Crippen MR) is 63.0 cm³/mol. The van der Waals surface area contributed by atoms with Gasteiger partial charge in [-0.1, -0.05) is 0 Å². The van der Waals surface area contributed by atoms with Crippen LogP contribution < -0.4 is 10.6 Å². The number of aromatic amines is 1. The van der Waals surface area contributed by atoms with Gasteiger partial charge in [0.05, 0.1) is 6.33 Å². The number of nitrogens with one attached hydrogen (secondary N) is 3. The standard InChI is InChI=1S/C11H16N4O3/c1-11(2-3-11)15-10(18)14-8(9(16)17)4-7-5-12-6-13-7/h5-6,8H,2-4H2,1H3,(H,12,13)(H,16,17)(H2,14,15,18)/t8-/m1/s1. The average molecular weight is 252 g/mol. The van der Waals surface area contributed by atoms with Crippen molar-refractivity contribution in [1.29, 1.82) is 0 Å². The summed E-state index contributed by atoms with van der Waals surface area (Å²) in [5, 5.41) is 14.3. The SMILES string of the molecule is CC1(NC(=O)N[C@H](Cc2cnc[nH]2)C(=O)O)CC1. The summed E-state index contributed by atoms with van der Waals surface area (Å²) in [6, 6.07) is -1.41. The number of rotatable bonds is 5. The Bertz CT molecular complexity index is 439. The Hall–Kier alpha value is -2.05. The van der Waals surface area contributed by atoms with Crippen molar-refractivity contribution in [2.75, 3.05) is 0 Å². The summed E-state index contributed by atoms with van der Waals surface area (Å²) in [6.07, 6.45) is 5.05. The summed E-state index contributed by atoms with van der Waals surface area (Å²) in [7, 11) is 0. The van der Waals surface area contributed by atoms with Gasteiger partial charge in [-0.15, -0.1) is 0 Å². The molecular weight excluding hydrogens is 236 g/mol. The summed E-state index contributed by atoms with van der Waals surface area (Å²) in [6.45, 7) is 1.93. The Kier molecular flexibility index (Phi) is 3.22. The minimum Gasteiger partial charge on any atom is -0.480 e. The van der Waals surface area contributed by atoms with Gasteiger partial charge in [-0.2, -0.15) is 0 Å². The van der Waals surface area contributed by atoms with Crippen molar-refractivity contribution in [3.63, 3.8) is 0 Å². The fraction of sp³-hybridized carbons (Fsp3) is 0.545. The van der Waals surface area contributed by atoms with E-state index in [-0.39, 0.29) is 12.0 Å². The predicted octanol–water partition coefficient (Wildman–Crippen LogP) is 0.257. The van der Waals surface area contributed by atoms with Crippen LogP contribution in [0.3, 0.4) is 0 Å². The number of amides is 2. The van der Waals surface area contributed by atoms with Gasteiger partial charge in [0.25, 0.3) is 0 Å². The molecule has 1 aromatic rings. The van der Waals surface area contributed by atoms with Gasteiger partial charge in [-0.05, 0) is 19.8 Å². The zero-order chi connectivity index (χ0) is 13.2. The number of hydrogen-bond acceptors (Lipinski definition) is 3. The second-order valence-electron chi connectivity index (χ2n) is 4.83. The Labute approximate surface area is 104 Å². The molecule has 1 fully saturated rings. The number of carboxylic acid groups (broad SMARTS) is 1. The molecule has 7 nitrogen and oxygen atoms in total. The fourth-order valence-corrected chi connectivity index (χ4v) is 1.60. The molecule has 0 radical (unpaired) electrons. The molecule has 0 unspecified atom stereocenters. The highest BCUT2D eigenvalue weighted by atomic mass is 16.4. The van der Waals surface area contributed by atoms with Crippen LogP contribution in [0.1, 0.15) is 25.5 Å². The Morgan fingerprint density at radius 2 is 2.33 bits per heavy atom. The van der Waals surface area contributed by atoms with E-state index < -0.39 is 18.0 Å². The molecule has 2 amide bonds. The average Bonchev–Trinajstić information content (AvgIpc) is 2.79. The molecule has 1 aliphatic rings. The third kappa shape index (κ3) is 3.22. The van der Waals surface area contributed by atoms with Crippen molar-refractivity contribution >= 4 is 12.0 Å². The van der Waals surface area contributed by atoms with E-state index in [0.717, 1.165) is 12.8 Å². The number of nitrogens with zero attached hydrogens (tertiary/aromatic N) is 1. The maximum atomic E-state index is 11.6. The first-order valence-corrected chi connectivity index (χ1v) is 5.77. The summed E-state index contributed by atoms with van der Waals surface area (Å²) < 4.78 is 0. The van der Waals surface area contributed by atoms with Gasteiger partial charge in [0, 0.05) is 23.9 Å². The van der Waals surface area contributed by atoms with Gasteiger partial charge in [-0.25, -0.2) is 14.6 Å². The molecule has 0 aliphatic heterocycles. The fourth-order valence-electron chi connectivity index (χ4n) is 1.60. The maximum Gasteiger partial charge on any atom is 0.326 e. The minimum absolute atomic E-state index is 0.166. The normalized spacial score (nSPS) is 17.8. The molecule has 0 saturated heterocycles. The second-order valence-corrected chi connectivity index (χ2v) is 4.83. The van der Waals surface area contributed by atoms with Crippen LogP contribution in [-0.2, 0) is 11.2 Å². The van der Waals surface area contributed by atoms with Crippen LogP contribution in [0, 0.1) is 0 Å². The van der Waals surface area contributed by atoms with E-state index in [1.54, 1.807) is 0 Å². The molecule has 1 heterocycles. The maximum absolute atomic E-state index is 11.6. The van der Waals surface area contributed by atoms with Gasteiger partial charge in [0.1, 0.15) is 6.04 Å². The third-order valence-electron chi connectivity index (χ3n) is 3.00. The van der Waals surface area contributed by atoms with Gasteiger partial charge in [-0.3, -0.25) is 0 Å². The lowest BCUT2D eigenvalue weighted by molar-refractivity contribution is -0.139. The Morgan fingerprint density at radius 3 is 2.83 bits per heavy atom. The Morgan fingerprint density at radius 1 is 1.61 bits per heavy atom. The van der Waals surface area contributed by atoms with E-state index >= 15 is 0 Å². The molecule has 0 spiro atoms. The molecule has 1 saturated carbocycles. The molecule has 1 atom stereocenters. The number of carbonyl (C=O) groups excluding carboxylic acids is 1. The lowest BCUT2D eigenvalue weighted by Crippen LogP contribution is -2.50. The largest absolute Gasteiger partial charge is 0.480 e. The number of H-pyrrole nitrogens is 1. The van der Waals surface area contributed by atoms with Gasteiger partial charge >= 0.3 is 12.0 Å². The minimum atomic E-state index is -1.07. The van der Waals surface area contributed by atoms with E-state index in [9.17, 15) is 9.59 Å². The lowest BCUT2D eigenvalue weighted by Gasteiger charge is -2.17. The number of carboxylic acids is 1. The molecule has 4 N–H and O–H groups in total. The first-order valence-electron chi connectivity index (χ1n) is 5.77. The van der Waals surface area contributed by atoms with Gasteiger partial charge in [0.2, 0.25) is 0 Å². The smallest absolute Gasteiger partial charge is 0.326 e. The lowest BCUT2D eigenvalue weighted by atomic mass is 10.1. The molecule has 0 bridgehead atoms. The van der Waals surface area contributed by atoms with Crippen LogP contribution in [0.2, 0.25) is 0 Å². The second kappa shape index (κ2) is 4.67. The van der Waals surface area contributed by atoms with Crippen molar-refractivity contribution in [2.24, 2.45) is 0 Å². The highest BCUT2D eigenvalue weighted by Crippen LogP contribution is 2.33. The van der Waals surface area contributed by atoms with Crippen LogP contribution in [0.15, 0.2) is 12.5 Å². The molecule has 7 heteroatoms. The van der Waals surface area contributed by atoms with Crippen molar-refractivity contribution < 1.29 is 14.7 Å². The summed E-state index contributed by atoms with van der Waals surface area (Å²) in [5.41, 5.74) is 0.501. The molecule has 1 aromatic heterocycles. The zero-order valence-electron chi connectivity index (χ0n) is 10.1. The number of aliphatic carboxylic acids is 1. The number of hydrogen-bond donors (Lipinski definition) is 4. The quantitative estimate of drug-likeness (QED) is 0.602. The van der Waals surface area contributed by atoms with Crippen molar-refractivity contribution in [3.05, 3.63) is 18.2 Å². The van der Waals surface area contributed by atoms with Gasteiger partial charge in [0.15, 0.2) is 0 Å². The summed E-state index contributed by atoms with van der Waals surface area (Å²) in [5.74, 6) is -1.07. The highest BCUT2D eigenvalue weighted by molar-refractivity contribution is 5.83. The van der Waals surface area contributed by atoms with E-state index in [2.05, 4.69) is 20.6 Å². The topological polar surface area (TPSA) is 107 Å². The monoisotopic (exact) mass is 252 g/mol. The van der Waals surface area contributed by atoms with Crippen LogP contribution in [0.4, 0.5) is 4.79 Å². The molecule has 0 aromatic carbocycles. The van der Waals surface area contributed by atoms with Crippen molar-refractivity contribution in [2.45, 2.75) is 37.8 Å². The highest BCUT2D eigenvalue weighted by Gasteiger charge is 2.39. The van der Waals surface area contributed by atoms with E-state index in [4.69, 9.17) is 5.11 Å². The zero-order valence-corrected chi connectivity index (χ0v) is 10.1. The first kappa shape index (κ1) is 12.4. The molecule has 18 heavy (non-hydrogen) atoms. The molecule has 98 valence electrons. The molecular formula is C11H16N4O3. The molecule has 2 rings (SSSR count). The van der Waals surface area contributed by atoms with Crippen molar-refractivity contribution in [1.82, 2.24) is 20.6 Å².